The summed E-state index contributed by atoms with van der Waals surface area (Å²) in [5.74, 6) is -1.09. The number of carbonyl (C=O) groups excluding carboxylic acids is 1. The quantitative estimate of drug-likeness (QED) is 0.804. The maximum absolute atomic E-state index is 13.5. The number of benzene rings is 1. The zero-order valence-corrected chi connectivity index (χ0v) is 8.04. The number of halogens is 1. The Morgan fingerprint density at radius 3 is 3.00 bits per heavy atom. The van der Waals surface area contributed by atoms with E-state index in [4.69, 9.17) is 9.47 Å². The second-order valence-corrected chi connectivity index (χ2v) is 3.30. The zero-order chi connectivity index (χ0) is 11.0. The number of ether oxygens (including phenoxy) is 2. The van der Waals surface area contributed by atoms with Crippen LogP contribution in [0.15, 0.2) is 6.07 Å². The van der Waals surface area contributed by atoms with Gasteiger partial charge >= 0.3 is 0 Å². The van der Waals surface area contributed by atoms with Crippen LogP contribution in [-0.2, 0) is 11.2 Å². The SMILES string of the molecule is CC(=O)Cc1c(F)c(O)cc2c1OCO2. The third-order valence-corrected chi connectivity index (χ3v) is 2.10. The van der Waals surface area contributed by atoms with Gasteiger partial charge in [-0.15, -0.1) is 0 Å². The molecular weight excluding hydrogens is 203 g/mol. The molecule has 1 aromatic carbocycles. The molecule has 0 aliphatic carbocycles. The first kappa shape index (κ1) is 9.76. The van der Waals surface area contributed by atoms with Gasteiger partial charge in [0.15, 0.2) is 23.1 Å². The maximum atomic E-state index is 13.5. The molecule has 0 radical (unpaired) electrons. The van der Waals surface area contributed by atoms with E-state index in [0.29, 0.717) is 0 Å². The maximum Gasteiger partial charge on any atom is 0.231 e. The van der Waals surface area contributed by atoms with Gasteiger partial charge in [-0.2, -0.15) is 0 Å². The topological polar surface area (TPSA) is 55.8 Å². The molecule has 0 amide bonds. The summed E-state index contributed by atoms with van der Waals surface area (Å²) in [6.07, 6.45) is -0.119. The van der Waals surface area contributed by atoms with Gasteiger partial charge in [0, 0.05) is 18.1 Å². The summed E-state index contributed by atoms with van der Waals surface area (Å²) in [5.41, 5.74) is 0.0509. The predicted octanol–water partition coefficient (Wildman–Crippen LogP) is 1.39. The molecule has 2 rings (SSSR count). The first-order valence-corrected chi connectivity index (χ1v) is 4.39. The molecule has 0 saturated carbocycles. The summed E-state index contributed by atoms with van der Waals surface area (Å²) < 4.78 is 23.5. The number of Topliss-reactive ketones (excluding diaryl/α,β-unsaturated/α-hetero) is 1. The van der Waals surface area contributed by atoms with Gasteiger partial charge in [0.25, 0.3) is 0 Å². The molecule has 0 atom stereocenters. The number of ketones is 1. The van der Waals surface area contributed by atoms with Crippen molar-refractivity contribution in [2.45, 2.75) is 13.3 Å². The van der Waals surface area contributed by atoms with E-state index in [0.717, 1.165) is 6.07 Å². The van der Waals surface area contributed by atoms with E-state index in [9.17, 15) is 14.3 Å². The summed E-state index contributed by atoms with van der Waals surface area (Å²) in [4.78, 5) is 10.9. The van der Waals surface area contributed by atoms with E-state index in [1.54, 1.807) is 0 Å². The number of hydrogen-bond donors (Lipinski definition) is 1. The molecule has 1 aromatic rings. The fourth-order valence-electron chi connectivity index (χ4n) is 1.48. The molecule has 0 unspecified atom stereocenters. The van der Waals surface area contributed by atoms with Crippen LogP contribution in [0.2, 0.25) is 0 Å². The molecule has 5 heteroatoms. The van der Waals surface area contributed by atoms with Crippen molar-refractivity contribution in [1.82, 2.24) is 0 Å². The van der Waals surface area contributed by atoms with Crippen molar-refractivity contribution in [3.8, 4) is 17.2 Å². The number of aromatic hydroxyl groups is 1. The molecule has 0 fully saturated rings. The Hall–Kier alpha value is -1.78. The highest BCUT2D eigenvalue weighted by Gasteiger charge is 2.25. The summed E-state index contributed by atoms with van der Waals surface area (Å²) >= 11 is 0. The standard InChI is InChI=1S/C10H9FO4/c1-5(12)2-6-9(11)7(13)3-8-10(6)15-4-14-8/h3,13H,2,4H2,1H3. The van der Waals surface area contributed by atoms with Gasteiger partial charge in [0.1, 0.15) is 5.78 Å². The van der Waals surface area contributed by atoms with Crippen molar-refractivity contribution in [2.75, 3.05) is 6.79 Å². The highest BCUT2D eigenvalue weighted by molar-refractivity contribution is 5.80. The van der Waals surface area contributed by atoms with Gasteiger partial charge in [0.2, 0.25) is 6.79 Å². The molecule has 0 bridgehead atoms. The van der Waals surface area contributed by atoms with Crippen molar-refractivity contribution in [3.05, 3.63) is 17.4 Å². The van der Waals surface area contributed by atoms with Crippen LogP contribution in [-0.4, -0.2) is 17.7 Å². The lowest BCUT2D eigenvalue weighted by Crippen LogP contribution is -2.02. The minimum atomic E-state index is -0.825. The first-order valence-electron chi connectivity index (χ1n) is 4.39. The summed E-state index contributed by atoms with van der Waals surface area (Å²) in [7, 11) is 0. The number of phenols is 1. The Morgan fingerprint density at radius 2 is 2.33 bits per heavy atom. The van der Waals surface area contributed by atoms with Crippen molar-refractivity contribution in [1.29, 1.82) is 0 Å². The van der Waals surface area contributed by atoms with Crippen LogP contribution in [0.1, 0.15) is 12.5 Å². The van der Waals surface area contributed by atoms with Crippen molar-refractivity contribution < 1.29 is 23.8 Å². The average molecular weight is 212 g/mol. The largest absolute Gasteiger partial charge is 0.505 e. The van der Waals surface area contributed by atoms with Crippen molar-refractivity contribution in [3.63, 3.8) is 0 Å². The van der Waals surface area contributed by atoms with E-state index in [1.165, 1.54) is 6.92 Å². The summed E-state index contributed by atoms with van der Waals surface area (Å²) in [5, 5.41) is 9.26. The Labute approximate surface area is 85.2 Å². The molecular formula is C10H9FO4. The van der Waals surface area contributed by atoms with Crippen LogP contribution < -0.4 is 9.47 Å². The minimum absolute atomic E-state index is 0.0247. The molecule has 1 N–H and O–H groups in total. The normalized spacial score (nSPS) is 12.9. The number of phenolic OH excluding ortho intramolecular Hbond substituents is 1. The number of fused-ring (bicyclic) bond motifs is 1. The molecule has 0 aromatic heterocycles. The Bertz CT molecular complexity index is 428. The van der Waals surface area contributed by atoms with E-state index in [-0.39, 0.29) is 36.1 Å². The summed E-state index contributed by atoms with van der Waals surface area (Å²) in [6.45, 7) is 1.31. The lowest BCUT2D eigenvalue weighted by atomic mass is 10.1. The molecule has 1 aliphatic heterocycles. The smallest absolute Gasteiger partial charge is 0.231 e. The molecule has 80 valence electrons. The fourth-order valence-corrected chi connectivity index (χ4v) is 1.48. The highest BCUT2D eigenvalue weighted by atomic mass is 19.1. The number of carbonyl (C=O) groups is 1. The second kappa shape index (κ2) is 3.42. The number of rotatable bonds is 2. The van der Waals surface area contributed by atoms with E-state index in [1.807, 2.05) is 0 Å². The van der Waals surface area contributed by atoms with Crippen LogP contribution in [0.4, 0.5) is 4.39 Å². The average Bonchev–Trinajstić information content (AvgIpc) is 2.59. The zero-order valence-electron chi connectivity index (χ0n) is 8.04. The van der Waals surface area contributed by atoms with Gasteiger partial charge in [-0.05, 0) is 6.92 Å². The van der Waals surface area contributed by atoms with Crippen LogP contribution in [0.25, 0.3) is 0 Å². The monoisotopic (exact) mass is 212 g/mol. The minimum Gasteiger partial charge on any atom is -0.505 e. The third-order valence-electron chi connectivity index (χ3n) is 2.10. The molecule has 4 nitrogen and oxygen atoms in total. The van der Waals surface area contributed by atoms with Crippen LogP contribution in [0.5, 0.6) is 17.2 Å². The van der Waals surface area contributed by atoms with Gasteiger partial charge in [-0.25, -0.2) is 4.39 Å². The lowest BCUT2D eigenvalue weighted by molar-refractivity contribution is -0.116. The van der Waals surface area contributed by atoms with Gasteiger partial charge in [0.05, 0.1) is 0 Å². The van der Waals surface area contributed by atoms with Crippen molar-refractivity contribution in [2.24, 2.45) is 0 Å². The molecule has 0 saturated heterocycles. The van der Waals surface area contributed by atoms with E-state index in [2.05, 4.69) is 0 Å². The van der Waals surface area contributed by atoms with Gasteiger partial charge in [-0.1, -0.05) is 0 Å². The Kier molecular flexibility index (Phi) is 2.22. The van der Waals surface area contributed by atoms with Crippen LogP contribution in [0.3, 0.4) is 0 Å². The highest BCUT2D eigenvalue weighted by Crippen LogP contribution is 2.41. The van der Waals surface area contributed by atoms with E-state index >= 15 is 0 Å². The van der Waals surface area contributed by atoms with Gasteiger partial charge < -0.3 is 14.6 Å². The fraction of sp³-hybridized carbons (Fsp3) is 0.300. The molecule has 1 aliphatic rings. The molecule has 0 spiro atoms. The molecule has 1 heterocycles. The van der Waals surface area contributed by atoms with Gasteiger partial charge in [-0.3, -0.25) is 4.79 Å². The summed E-state index contributed by atoms with van der Waals surface area (Å²) in [6, 6.07) is 1.14. The van der Waals surface area contributed by atoms with Crippen LogP contribution in [0, 0.1) is 5.82 Å². The first-order chi connectivity index (χ1) is 7.09. The Balaban J connectivity index is 2.55. The predicted molar refractivity (Wildman–Crippen MR) is 48.6 cm³/mol. The number of hydrogen-bond acceptors (Lipinski definition) is 4. The lowest BCUT2D eigenvalue weighted by Gasteiger charge is -2.06. The third kappa shape index (κ3) is 1.60. The van der Waals surface area contributed by atoms with E-state index < -0.39 is 11.6 Å². The van der Waals surface area contributed by atoms with Crippen LogP contribution >= 0.6 is 0 Å². The molecule has 15 heavy (non-hydrogen) atoms. The second-order valence-electron chi connectivity index (χ2n) is 3.30. The Morgan fingerprint density at radius 1 is 1.60 bits per heavy atom. The van der Waals surface area contributed by atoms with Crippen molar-refractivity contribution >= 4 is 5.78 Å².